The van der Waals surface area contributed by atoms with Gasteiger partial charge in [-0.3, -0.25) is 0 Å². The van der Waals surface area contributed by atoms with Crippen LogP contribution >= 0.6 is 0 Å². The minimum Gasteiger partial charge on any atom is -0.378 e. The summed E-state index contributed by atoms with van der Waals surface area (Å²) in [7, 11) is 0. The average Bonchev–Trinajstić information content (AvgIpc) is 2.11. The van der Waals surface area contributed by atoms with Crippen LogP contribution in [0.15, 0.2) is 0 Å². The van der Waals surface area contributed by atoms with Crippen molar-refractivity contribution in [2.45, 2.75) is 40.2 Å². The first-order valence-electron chi connectivity index (χ1n) is 4.12. The molecule has 0 aliphatic carbocycles. The van der Waals surface area contributed by atoms with Gasteiger partial charge in [-0.2, -0.15) is 0 Å². The van der Waals surface area contributed by atoms with Gasteiger partial charge in [0.05, 0.1) is 12.7 Å². The molecule has 10 heavy (non-hydrogen) atoms. The van der Waals surface area contributed by atoms with Crippen LogP contribution in [-0.2, 0) is 4.74 Å². The van der Waals surface area contributed by atoms with Crippen molar-refractivity contribution in [2.75, 3.05) is 6.61 Å². The van der Waals surface area contributed by atoms with Crippen molar-refractivity contribution in [3.05, 3.63) is 0 Å². The summed E-state index contributed by atoms with van der Waals surface area (Å²) in [5, 5.41) is 0. The summed E-state index contributed by atoms with van der Waals surface area (Å²) in [5.41, 5.74) is 0.435. The highest BCUT2D eigenvalue weighted by Gasteiger charge is 2.31. The van der Waals surface area contributed by atoms with Crippen molar-refractivity contribution >= 4 is 0 Å². The molecule has 60 valence electrons. The van der Waals surface area contributed by atoms with Gasteiger partial charge in [0.1, 0.15) is 0 Å². The quantitative estimate of drug-likeness (QED) is 0.505. The van der Waals surface area contributed by atoms with Crippen LogP contribution in [0.5, 0.6) is 0 Å². The fourth-order valence-corrected chi connectivity index (χ4v) is 1.42. The van der Waals surface area contributed by atoms with E-state index in [1.165, 1.54) is 6.42 Å². The molecule has 1 rings (SSSR count). The van der Waals surface area contributed by atoms with E-state index in [2.05, 4.69) is 27.7 Å². The topological polar surface area (TPSA) is 9.23 Å². The van der Waals surface area contributed by atoms with E-state index in [1.54, 1.807) is 0 Å². The Balaban J connectivity index is 2.45. The van der Waals surface area contributed by atoms with Gasteiger partial charge in [0.15, 0.2) is 0 Å². The minimum absolute atomic E-state index is 0.435. The molecule has 0 aromatic carbocycles. The van der Waals surface area contributed by atoms with Crippen LogP contribution in [0.4, 0.5) is 0 Å². The fourth-order valence-electron chi connectivity index (χ4n) is 1.42. The van der Waals surface area contributed by atoms with Crippen molar-refractivity contribution < 1.29 is 4.74 Å². The van der Waals surface area contributed by atoms with E-state index in [4.69, 9.17) is 4.74 Å². The minimum atomic E-state index is 0.435. The van der Waals surface area contributed by atoms with Gasteiger partial charge in [-0.15, -0.1) is 0 Å². The molecular weight excluding hydrogens is 124 g/mol. The molecule has 1 aliphatic heterocycles. The molecule has 1 fully saturated rings. The molecule has 0 spiro atoms. The van der Waals surface area contributed by atoms with Gasteiger partial charge in [-0.05, 0) is 24.7 Å². The molecular formula is C9H18O. The van der Waals surface area contributed by atoms with Crippen molar-refractivity contribution in [2.24, 2.45) is 11.3 Å². The highest BCUT2D eigenvalue weighted by Crippen LogP contribution is 2.34. The summed E-state index contributed by atoms with van der Waals surface area (Å²) in [5.74, 6) is 0.766. The SMILES string of the molecule is CC1CC(C(C)(C)C)CO1. The molecule has 0 radical (unpaired) electrons. The second kappa shape index (κ2) is 2.54. The van der Waals surface area contributed by atoms with Gasteiger partial charge in [-0.25, -0.2) is 0 Å². The number of hydrogen-bond donors (Lipinski definition) is 0. The smallest absolute Gasteiger partial charge is 0.0550 e. The average molecular weight is 142 g/mol. The summed E-state index contributed by atoms with van der Waals surface area (Å²) >= 11 is 0. The lowest BCUT2D eigenvalue weighted by atomic mass is 9.80. The Labute approximate surface area is 63.8 Å². The van der Waals surface area contributed by atoms with E-state index >= 15 is 0 Å². The van der Waals surface area contributed by atoms with Gasteiger partial charge in [-0.1, -0.05) is 20.8 Å². The highest BCUT2D eigenvalue weighted by atomic mass is 16.5. The molecule has 1 aliphatic rings. The predicted molar refractivity (Wildman–Crippen MR) is 43.0 cm³/mol. The Morgan fingerprint density at radius 1 is 1.30 bits per heavy atom. The van der Waals surface area contributed by atoms with Gasteiger partial charge in [0, 0.05) is 0 Å². The van der Waals surface area contributed by atoms with Crippen LogP contribution in [0.2, 0.25) is 0 Å². The molecule has 1 heteroatoms. The van der Waals surface area contributed by atoms with E-state index in [9.17, 15) is 0 Å². The second-order valence-electron chi connectivity index (χ2n) is 4.44. The van der Waals surface area contributed by atoms with E-state index in [0.29, 0.717) is 11.5 Å². The van der Waals surface area contributed by atoms with Crippen molar-refractivity contribution in [1.29, 1.82) is 0 Å². The zero-order valence-electron chi connectivity index (χ0n) is 7.48. The molecule has 2 atom stereocenters. The molecule has 0 N–H and O–H groups in total. The first-order chi connectivity index (χ1) is 4.50. The maximum absolute atomic E-state index is 5.49. The third-order valence-corrected chi connectivity index (χ3v) is 2.42. The molecule has 2 unspecified atom stereocenters. The molecule has 0 aromatic heterocycles. The summed E-state index contributed by atoms with van der Waals surface area (Å²) in [4.78, 5) is 0. The zero-order chi connectivity index (χ0) is 7.78. The van der Waals surface area contributed by atoms with Crippen LogP contribution < -0.4 is 0 Å². The lowest BCUT2D eigenvalue weighted by molar-refractivity contribution is 0.108. The molecule has 0 amide bonds. The van der Waals surface area contributed by atoms with E-state index < -0.39 is 0 Å². The van der Waals surface area contributed by atoms with E-state index in [-0.39, 0.29) is 0 Å². The largest absolute Gasteiger partial charge is 0.378 e. The maximum Gasteiger partial charge on any atom is 0.0550 e. The molecule has 0 aromatic rings. The van der Waals surface area contributed by atoms with Gasteiger partial charge in [0.2, 0.25) is 0 Å². The van der Waals surface area contributed by atoms with Crippen LogP contribution in [-0.4, -0.2) is 12.7 Å². The van der Waals surface area contributed by atoms with Crippen LogP contribution in [0.1, 0.15) is 34.1 Å². The molecule has 1 saturated heterocycles. The Morgan fingerprint density at radius 2 is 1.90 bits per heavy atom. The van der Waals surface area contributed by atoms with Crippen molar-refractivity contribution in [3.8, 4) is 0 Å². The number of rotatable bonds is 0. The summed E-state index contributed by atoms with van der Waals surface area (Å²) in [6, 6.07) is 0. The third-order valence-electron chi connectivity index (χ3n) is 2.42. The summed E-state index contributed by atoms with van der Waals surface area (Å²) in [6.45, 7) is 9.99. The summed E-state index contributed by atoms with van der Waals surface area (Å²) < 4.78 is 5.49. The van der Waals surface area contributed by atoms with Gasteiger partial charge < -0.3 is 4.74 Å². The Kier molecular flexibility index (Phi) is 2.04. The second-order valence-corrected chi connectivity index (χ2v) is 4.44. The molecule has 0 saturated carbocycles. The van der Waals surface area contributed by atoms with Gasteiger partial charge >= 0.3 is 0 Å². The van der Waals surface area contributed by atoms with Gasteiger partial charge in [0.25, 0.3) is 0 Å². The lowest BCUT2D eigenvalue weighted by Crippen LogP contribution is -2.20. The lowest BCUT2D eigenvalue weighted by Gasteiger charge is -2.25. The Hall–Kier alpha value is -0.0400. The van der Waals surface area contributed by atoms with E-state index in [1.807, 2.05) is 0 Å². The zero-order valence-corrected chi connectivity index (χ0v) is 7.48. The number of ether oxygens (including phenoxy) is 1. The Morgan fingerprint density at radius 3 is 2.10 bits per heavy atom. The number of hydrogen-bond acceptors (Lipinski definition) is 1. The van der Waals surface area contributed by atoms with E-state index in [0.717, 1.165) is 12.5 Å². The molecule has 1 heterocycles. The molecule has 1 nitrogen and oxygen atoms in total. The highest BCUT2D eigenvalue weighted by molar-refractivity contribution is 4.80. The predicted octanol–water partition coefficient (Wildman–Crippen LogP) is 2.46. The fraction of sp³-hybridized carbons (Fsp3) is 1.00. The van der Waals surface area contributed by atoms with Crippen LogP contribution in [0, 0.1) is 11.3 Å². The maximum atomic E-state index is 5.49. The Bertz CT molecular complexity index is 112. The first-order valence-corrected chi connectivity index (χ1v) is 4.12. The van der Waals surface area contributed by atoms with Crippen molar-refractivity contribution in [1.82, 2.24) is 0 Å². The van der Waals surface area contributed by atoms with Crippen molar-refractivity contribution in [3.63, 3.8) is 0 Å². The third kappa shape index (κ3) is 1.72. The molecule has 0 bridgehead atoms. The first kappa shape index (κ1) is 8.06. The van der Waals surface area contributed by atoms with Crippen LogP contribution in [0.25, 0.3) is 0 Å². The normalized spacial score (nSPS) is 34.8. The van der Waals surface area contributed by atoms with Crippen LogP contribution in [0.3, 0.4) is 0 Å². The monoisotopic (exact) mass is 142 g/mol. The summed E-state index contributed by atoms with van der Waals surface area (Å²) in [6.07, 6.45) is 1.73. The standard InChI is InChI=1S/C9H18O/c1-7-5-8(6-10-7)9(2,3)4/h7-8H,5-6H2,1-4H3.